The average Bonchev–Trinajstić information content (AvgIpc) is 3.62. The molecular formula is C31H31F3N8O2. The number of aromatic nitrogens is 8. The standard InChI is InChI=1S/C31H31F3N8O2/c1-5-44-11-10-20-12-21(28-39-24(31(32,33)34)16-41(28)18(2)3)8-9-22(20)15-42-29-23(14-38-42)13-35-27(40-29)25-26(19-6-7-19)36-17-37-30(25)43-4/h8-14,16-19H,5-7,15H2,1-4H3/b11-10+. The number of benzene rings is 1. The third-order valence-corrected chi connectivity index (χ3v) is 7.41. The van der Waals surface area contributed by atoms with E-state index in [0.717, 1.165) is 41.2 Å². The van der Waals surface area contributed by atoms with Crippen molar-refractivity contribution in [3.8, 4) is 28.7 Å². The number of ether oxygens (including phenoxy) is 2. The second-order valence-corrected chi connectivity index (χ2v) is 10.8. The van der Waals surface area contributed by atoms with E-state index in [9.17, 15) is 13.2 Å². The molecule has 0 atom stereocenters. The lowest BCUT2D eigenvalue weighted by Gasteiger charge is -2.14. The van der Waals surface area contributed by atoms with Crippen LogP contribution in [0.5, 0.6) is 5.88 Å². The fourth-order valence-corrected chi connectivity index (χ4v) is 5.07. The minimum atomic E-state index is -4.55. The summed E-state index contributed by atoms with van der Waals surface area (Å²) >= 11 is 0. The van der Waals surface area contributed by atoms with E-state index in [1.54, 1.807) is 42.6 Å². The van der Waals surface area contributed by atoms with E-state index in [4.69, 9.17) is 14.5 Å². The number of rotatable bonds is 10. The fourth-order valence-electron chi connectivity index (χ4n) is 5.07. The van der Waals surface area contributed by atoms with Gasteiger partial charge in [0.25, 0.3) is 0 Å². The Morgan fingerprint density at radius 3 is 2.61 bits per heavy atom. The molecule has 13 heteroatoms. The maximum Gasteiger partial charge on any atom is 0.434 e. The van der Waals surface area contributed by atoms with E-state index in [0.29, 0.717) is 47.5 Å². The molecule has 1 aliphatic carbocycles. The number of hydrogen-bond donors (Lipinski definition) is 0. The van der Waals surface area contributed by atoms with Crippen LogP contribution in [0.3, 0.4) is 0 Å². The molecule has 0 N–H and O–H groups in total. The van der Waals surface area contributed by atoms with Gasteiger partial charge in [0, 0.05) is 29.9 Å². The molecule has 0 amide bonds. The summed E-state index contributed by atoms with van der Waals surface area (Å²) in [5.74, 6) is 1.42. The molecule has 0 aliphatic heterocycles. The van der Waals surface area contributed by atoms with Gasteiger partial charge in [0.15, 0.2) is 17.2 Å². The number of nitrogens with zero attached hydrogens (tertiary/aromatic N) is 8. The van der Waals surface area contributed by atoms with Gasteiger partial charge in [0.2, 0.25) is 5.88 Å². The number of hydrogen-bond acceptors (Lipinski definition) is 8. The van der Waals surface area contributed by atoms with Crippen LogP contribution in [-0.4, -0.2) is 53.0 Å². The molecule has 10 nitrogen and oxygen atoms in total. The Morgan fingerprint density at radius 2 is 1.91 bits per heavy atom. The summed E-state index contributed by atoms with van der Waals surface area (Å²) in [5, 5.41) is 5.33. The van der Waals surface area contributed by atoms with Gasteiger partial charge in [0.05, 0.1) is 43.8 Å². The van der Waals surface area contributed by atoms with Crippen LogP contribution in [-0.2, 0) is 17.5 Å². The lowest BCUT2D eigenvalue weighted by atomic mass is 10.0. The molecule has 1 fully saturated rings. The largest absolute Gasteiger partial charge is 0.501 e. The van der Waals surface area contributed by atoms with Crippen molar-refractivity contribution < 1.29 is 22.6 Å². The highest BCUT2D eigenvalue weighted by atomic mass is 19.4. The molecule has 44 heavy (non-hydrogen) atoms. The monoisotopic (exact) mass is 604 g/mol. The van der Waals surface area contributed by atoms with Crippen LogP contribution in [0, 0.1) is 0 Å². The average molecular weight is 605 g/mol. The van der Waals surface area contributed by atoms with Gasteiger partial charge < -0.3 is 14.0 Å². The topological polar surface area (TPSA) is 106 Å². The van der Waals surface area contributed by atoms with Gasteiger partial charge in [-0.3, -0.25) is 0 Å². The number of imidazole rings is 1. The first-order chi connectivity index (χ1) is 21.2. The van der Waals surface area contributed by atoms with Crippen LogP contribution < -0.4 is 4.74 Å². The minimum Gasteiger partial charge on any atom is -0.501 e. The van der Waals surface area contributed by atoms with Gasteiger partial charge >= 0.3 is 6.18 Å². The molecule has 228 valence electrons. The summed E-state index contributed by atoms with van der Waals surface area (Å²) in [6.07, 6.45) is 6.85. The second kappa shape index (κ2) is 11.7. The van der Waals surface area contributed by atoms with E-state index in [1.165, 1.54) is 10.9 Å². The molecule has 0 bridgehead atoms. The first kappa shape index (κ1) is 29.3. The van der Waals surface area contributed by atoms with Crippen molar-refractivity contribution in [1.82, 2.24) is 39.3 Å². The predicted octanol–water partition coefficient (Wildman–Crippen LogP) is 6.69. The molecule has 0 unspecified atom stereocenters. The summed E-state index contributed by atoms with van der Waals surface area (Å²) in [7, 11) is 1.56. The fraction of sp³-hybridized carbons (Fsp3) is 0.355. The Labute approximate surface area is 251 Å². The summed E-state index contributed by atoms with van der Waals surface area (Å²) in [5.41, 5.74) is 3.37. The Kier molecular flexibility index (Phi) is 7.78. The smallest absolute Gasteiger partial charge is 0.434 e. The van der Waals surface area contributed by atoms with Gasteiger partial charge in [-0.1, -0.05) is 12.1 Å². The molecule has 4 heterocycles. The van der Waals surface area contributed by atoms with Crippen LogP contribution in [0.4, 0.5) is 13.2 Å². The predicted molar refractivity (Wildman–Crippen MR) is 158 cm³/mol. The van der Waals surface area contributed by atoms with Crippen molar-refractivity contribution in [1.29, 1.82) is 0 Å². The van der Waals surface area contributed by atoms with Gasteiger partial charge in [-0.25, -0.2) is 29.6 Å². The molecule has 0 saturated heterocycles. The van der Waals surface area contributed by atoms with Crippen LogP contribution >= 0.6 is 0 Å². The second-order valence-electron chi connectivity index (χ2n) is 10.8. The van der Waals surface area contributed by atoms with Crippen LogP contribution in [0.15, 0.2) is 49.4 Å². The highest BCUT2D eigenvalue weighted by Crippen LogP contribution is 2.45. The number of halogens is 3. The molecule has 1 saturated carbocycles. The van der Waals surface area contributed by atoms with E-state index in [2.05, 4.69) is 25.0 Å². The number of fused-ring (bicyclic) bond motifs is 1. The Balaban J connectivity index is 1.41. The lowest BCUT2D eigenvalue weighted by molar-refractivity contribution is -0.140. The quantitative estimate of drug-likeness (QED) is 0.162. The van der Waals surface area contributed by atoms with Crippen molar-refractivity contribution in [2.75, 3.05) is 13.7 Å². The Bertz CT molecular complexity index is 1840. The van der Waals surface area contributed by atoms with Crippen LogP contribution in [0.25, 0.3) is 39.9 Å². The highest BCUT2D eigenvalue weighted by molar-refractivity contribution is 5.77. The zero-order chi connectivity index (χ0) is 31.0. The molecule has 4 aromatic heterocycles. The Morgan fingerprint density at radius 1 is 1.09 bits per heavy atom. The van der Waals surface area contributed by atoms with E-state index in [1.807, 2.05) is 32.9 Å². The molecule has 5 aromatic rings. The zero-order valence-corrected chi connectivity index (χ0v) is 24.7. The zero-order valence-electron chi connectivity index (χ0n) is 24.7. The number of alkyl halides is 3. The third kappa shape index (κ3) is 5.73. The molecule has 6 rings (SSSR count). The van der Waals surface area contributed by atoms with Crippen molar-refractivity contribution in [2.45, 2.75) is 58.3 Å². The molecular weight excluding hydrogens is 573 g/mol. The third-order valence-electron chi connectivity index (χ3n) is 7.41. The van der Waals surface area contributed by atoms with Crippen molar-refractivity contribution in [2.24, 2.45) is 0 Å². The minimum absolute atomic E-state index is 0.228. The van der Waals surface area contributed by atoms with E-state index >= 15 is 0 Å². The van der Waals surface area contributed by atoms with E-state index in [-0.39, 0.29) is 11.9 Å². The van der Waals surface area contributed by atoms with Crippen molar-refractivity contribution >= 4 is 17.1 Å². The van der Waals surface area contributed by atoms with Crippen LogP contribution in [0.1, 0.15) is 68.1 Å². The molecule has 1 aliphatic rings. The maximum atomic E-state index is 13.6. The number of methoxy groups -OCH3 is 1. The molecule has 1 aromatic carbocycles. The lowest BCUT2D eigenvalue weighted by Crippen LogP contribution is -2.07. The normalized spacial score (nSPS) is 13.8. The van der Waals surface area contributed by atoms with Crippen molar-refractivity contribution in [3.05, 3.63) is 71.9 Å². The van der Waals surface area contributed by atoms with Crippen LogP contribution in [0.2, 0.25) is 0 Å². The Hall–Kier alpha value is -4.81. The summed E-state index contributed by atoms with van der Waals surface area (Å²) in [6, 6.07) is 5.22. The molecule has 0 radical (unpaired) electrons. The van der Waals surface area contributed by atoms with Gasteiger partial charge in [-0.2, -0.15) is 18.3 Å². The first-order valence-electron chi connectivity index (χ1n) is 14.3. The van der Waals surface area contributed by atoms with Gasteiger partial charge in [-0.05, 0) is 56.9 Å². The SMILES string of the molecule is CCO/C=C/c1cc(-c2nc(C(F)(F)F)cn2C(C)C)ccc1Cn1ncc2cnc(-c3c(OC)ncnc3C3CC3)nc21. The summed E-state index contributed by atoms with van der Waals surface area (Å²) < 4.78 is 55.0. The first-order valence-corrected chi connectivity index (χ1v) is 14.3. The van der Waals surface area contributed by atoms with Gasteiger partial charge in [0.1, 0.15) is 17.7 Å². The van der Waals surface area contributed by atoms with E-state index < -0.39 is 11.9 Å². The summed E-state index contributed by atoms with van der Waals surface area (Å²) in [4.78, 5) is 22.2. The summed E-state index contributed by atoms with van der Waals surface area (Å²) in [6.45, 7) is 6.31. The highest BCUT2D eigenvalue weighted by Gasteiger charge is 2.35. The maximum absolute atomic E-state index is 13.6. The van der Waals surface area contributed by atoms with Gasteiger partial charge in [-0.15, -0.1) is 0 Å². The molecule has 0 spiro atoms. The van der Waals surface area contributed by atoms with Crippen molar-refractivity contribution in [3.63, 3.8) is 0 Å².